The van der Waals surface area contributed by atoms with Crippen LogP contribution >= 0.6 is 0 Å². The number of ether oxygens (including phenoxy) is 6. The number of benzene rings is 6. The summed E-state index contributed by atoms with van der Waals surface area (Å²) < 4.78 is 36.3. The number of fused-ring (bicyclic) bond motifs is 12. The average molecular weight is 1320 g/mol. The Labute approximate surface area is 573 Å². The minimum absolute atomic E-state index is 0.202. The molecule has 1 aliphatic rings. The highest BCUT2D eigenvalue weighted by Crippen LogP contribution is 2.46. The third-order valence-corrected chi connectivity index (χ3v) is 17.6. The molecule has 0 amide bonds. The number of carbonyl (C=O) groups excluding carboxylic acids is 3. The second kappa shape index (κ2) is 30.9. The quantitative estimate of drug-likeness (QED) is 0.0421. The smallest absolute Gasteiger partial charge is 0.323 e. The number of carbonyl (C=O) groups is 3. The SMILES string of the molecule is CCOC(=O)CNOc1c2cc(C(C)(C)C)cc1Cc1cc(C(C)(C)C)cc(c1OC)Cc1cc(C(C)(C)C)cc(c1ONCC(=O)OCC)Cc1cc(C(C)(C)C)cc(c1OC)Cc1cc(C(C)(C)C)cc(c1ONCC(=O)OCC)Cc1cc(C(C)(C)C)cc(c1OC)C2. The van der Waals surface area contributed by atoms with E-state index >= 15 is 0 Å². The van der Waals surface area contributed by atoms with Gasteiger partial charge in [0.1, 0.15) is 36.9 Å². The fourth-order valence-corrected chi connectivity index (χ4v) is 12.2. The highest BCUT2D eigenvalue weighted by Gasteiger charge is 2.32. The van der Waals surface area contributed by atoms with E-state index in [4.69, 9.17) is 42.9 Å². The molecular formula is C81H111N3O12. The molecule has 0 unspecified atom stereocenters. The van der Waals surface area contributed by atoms with Crippen molar-refractivity contribution in [1.29, 1.82) is 0 Å². The molecule has 6 aromatic rings. The number of hydroxylamine groups is 3. The average Bonchev–Trinajstić information content (AvgIpc) is 0.773. The second-order valence-electron chi connectivity index (χ2n) is 31.6. The van der Waals surface area contributed by atoms with Crippen LogP contribution < -0.4 is 45.2 Å². The molecule has 3 N–H and O–H groups in total. The first-order valence-electron chi connectivity index (χ1n) is 34.1. The Hall–Kier alpha value is -7.59. The van der Waals surface area contributed by atoms with E-state index in [2.05, 4.69) is 214 Å². The van der Waals surface area contributed by atoms with Crippen LogP contribution in [0.1, 0.15) is 246 Å². The van der Waals surface area contributed by atoms with Crippen molar-refractivity contribution in [3.8, 4) is 34.5 Å². The summed E-state index contributed by atoms with van der Waals surface area (Å²) in [5.41, 5.74) is 24.3. The van der Waals surface area contributed by atoms with Crippen LogP contribution in [-0.4, -0.2) is 78.7 Å². The van der Waals surface area contributed by atoms with Crippen LogP contribution in [0.3, 0.4) is 0 Å². The van der Waals surface area contributed by atoms with Gasteiger partial charge in [-0.2, -0.15) is 0 Å². The van der Waals surface area contributed by atoms with Gasteiger partial charge >= 0.3 is 17.9 Å². The fraction of sp³-hybridized carbons (Fsp3) is 0.519. The number of esters is 3. The summed E-state index contributed by atoms with van der Waals surface area (Å²) in [6.45, 7) is 45.3. The normalized spacial score (nSPS) is 13.2. The highest BCUT2D eigenvalue weighted by atomic mass is 16.7. The molecule has 522 valence electrons. The van der Waals surface area contributed by atoms with Crippen molar-refractivity contribution in [2.75, 3.05) is 60.8 Å². The van der Waals surface area contributed by atoms with Crippen LogP contribution in [0.25, 0.3) is 0 Å². The van der Waals surface area contributed by atoms with Gasteiger partial charge in [0.05, 0.1) is 41.2 Å². The van der Waals surface area contributed by atoms with Gasteiger partial charge in [-0.3, -0.25) is 14.4 Å². The molecular weight excluding hydrogens is 1210 g/mol. The molecule has 0 fully saturated rings. The maximum Gasteiger partial charge on any atom is 0.323 e. The van der Waals surface area contributed by atoms with Crippen LogP contribution in [0.5, 0.6) is 34.5 Å². The van der Waals surface area contributed by atoms with E-state index in [1.165, 1.54) is 0 Å². The van der Waals surface area contributed by atoms with Crippen LogP contribution in [0, 0.1) is 0 Å². The first kappa shape index (κ1) is 75.8. The molecule has 15 nitrogen and oxygen atoms in total. The van der Waals surface area contributed by atoms with Crippen LogP contribution in [0.15, 0.2) is 72.8 Å². The largest absolute Gasteiger partial charge is 0.496 e. The Balaban J connectivity index is 1.70. The van der Waals surface area contributed by atoms with Gasteiger partial charge in [0.2, 0.25) is 0 Å². The molecule has 6 aromatic carbocycles. The first-order valence-corrected chi connectivity index (χ1v) is 34.1. The van der Waals surface area contributed by atoms with Gasteiger partial charge in [-0.15, -0.1) is 16.4 Å². The van der Waals surface area contributed by atoms with E-state index in [-0.39, 0.29) is 71.9 Å². The zero-order valence-corrected chi connectivity index (χ0v) is 62.3. The Morgan fingerprint density at radius 3 is 0.552 bits per heavy atom. The predicted octanol–water partition coefficient (Wildman–Crippen LogP) is 15.7. The Morgan fingerprint density at radius 1 is 0.281 bits per heavy atom. The van der Waals surface area contributed by atoms with Gasteiger partial charge in [-0.25, -0.2) is 0 Å². The monoisotopic (exact) mass is 1320 g/mol. The van der Waals surface area contributed by atoms with Crippen LogP contribution in [0.2, 0.25) is 0 Å². The number of hydrogen-bond acceptors (Lipinski definition) is 15. The third kappa shape index (κ3) is 19.2. The Morgan fingerprint density at radius 2 is 0.427 bits per heavy atom. The lowest BCUT2D eigenvalue weighted by Crippen LogP contribution is -2.29. The number of rotatable bonds is 18. The zero-order valence-electron chi connectivity index (χ0n) is 62.3. The van der Waals surface area contributed by atoms with E-state index in [0.717, 1.165) is 100 Å². The summed E-state index contributed by atoms with van der Waals surface area (Å²) in [4.78, 5) is 59.9. The number of methoxy groups -OCH3 is 3. The topological polar surface area (TPSA) is 170 Å². The summed E-state index contributed by atoms with van der Waals surface area (Å²) in [6, 6.07) is 26.8. The van der Waals surface area contributed by atoms with Gasteiger partial charge in [0, 0.05) is 71.9 Å². The molecule has 0 saturated heterocycles. The molecule has 0 radical (unpaired) electrons. The molecule has 0 aliphatic heterocycles. The van der Waals surface area contributed by atoms with Crippen molar-refractivity contribution in [2.24, 2.45) is 0 Å². The van der Waals surface area contributed by atoms with Gasteiger partial charge < -0.3 is 42.9 Å². The van der Waals surface area contributed by atoms with E-state index in [1.807, 2.05) is 0 Å². The van der Waals surface area contributed by atoms with E-state index < -0.39 is 17.9 Å². The molecule has 0 aromatic heterocycles. The van der Waals surface area contributed by atoms with Crippen molar-refractivity contribution in [2.45, 2.75) is 216 Å². The summed E-state index contributed by atoms with van der Waals surface area (Å²) in [6.07, 6.45) is 2.17. The molecule has 15 heteroatoms. The minimum atomic E-state index is -0.454. The molecule has 0 saturated carbocycles. The van der Waals surface area contributed by atoms with Crippen molar-refractivity contribution in [1.82, 2.24) is 16.4 Å². The molecule has 0 heterocycles. The van der Waals surface area contributed by atoms with E-state index in [0.29, 0.717) is 73.0 Å². The molecule has 7 rings (SSSR count). The molecule has 96 heavy (non-hydrogen) atoms. The van der Waals surface area contributed by atoms with Gasteiger partial charge in [-0.1, -0.05) is 197 Å². The summed E-state index contributed by atoms with van der Waals surface area (Å²) in [7, 11) is 5.18. The fourth-order valence-electron chi connectivity index (χ4n) is 12.2. The lowest BCUT2D eigenvalue weighted by atomic mass is 9.79. The standard InChI is InChI=1S/C81H111N3O12/c1-25-91-67(85)46-82-94-73-55-28-49-34-61(76(4,5)6)36-51(70(49)88-22)30-57-42-65(80(16,17)18)44-59(74(57)95-83-47-68(86)92-26-2)32-53-38-63(78(10,11)12)39-54(72(53)90-24)33-60-45-66(81(19,20)21)43-58(75(60)96-84-48-69(87)93-27-3)31-52-37-62(77(7,8)9)35-50(71(52)89-23)29-56(73)41-64(40-55)79(13,14)15/h34-45,82-84H,25-33,46-48H2,1-24H3. The van der Waals surface area contributed by atoms with Gasteiger partial charge in [-0.05, 0) is 120 Å². The van der Waals surface area contributed by atoms with E-state index in [9.17, 15) is 14.4 Å². The Bertz CT molecular complexity index is 3230. The predicted molar refractivity (Wildman–Crippen MR) is 383 cm³/mol. The van der Waals surface area contributed by atoms with Crippen molar-refractivity contribution >= 4 is 17.9 Å². The van der Waals surface area contributed by atoms with Gasteiger partial charge in [0.25, 0.3) is 0 Å². The lowest BCUT2D eigenvalue weighted by molar-refractivity contribution is -0.144. The first-order chi connectivity index (χ1) is 44.8. The minimum Gasteiger partial charge on any atom is -0.496 e. The molecule has 0 spiro atoms. The lowest BCUT2D eigenvalue weighted by Gasteiger charge is -2.28. The third-order valence-electron chi connectivity index (χ3n) is 17.6. The molecule has 12 bridgehead atoms. The zero-order chi connectivity index (χ0) is 71.0. The van der Waals surface area contributed by atoms with Crippen molar-refractivity contribution in [3.05, 3.63) is 173 Å². The van der Waals surface area contributed by atoms with Gasteiger partial charge in [0.15, 0.2) is 17.2 Å². The summed E-state index contributed by atoms with van der Waals surface area (Å²) in [5, 5.41) is 0. The maximum atomic E-state index is 13.2. The maximum absolute atomic E-state index is 13.2. The molecule has 1 aliphatic carbocycles. The summed E-state index contributed by atoms with van der Waals surface area (Å²) >= 11 is 0. The van der Waals surface area contributed by atoms with Crippen LogP contribution in [-0.2, 0) is 99.6 Å². The molecule has 0 atom stereocenters. The number of hydrogen-bond donors (Lipinski definition) is 3. The Kier molecular flexibility index (Phi) is 24.4. The summed E-state index contributed by atoms with van der Waals surface area (Å²) in [5.74, 6) is 2.40. The highest BCUT2D eigenvalue weighted by molar-refractivity contribution is 5.72. The number of nitrogens with one attached hydrogen (secondary N) is 3. The van der Waals surface area contributed by atoms with Crippen molar-refractivity contribution < 1.29 is 57.3 Å². The second-order valence-corrected chi connectivity index (χ2v) is 31.6. The van der Waals surface area contributed by atoms with Crippen molar-refractivity contribution in [3.63, 3.8) is 0 Å². The van der Waals surface area contributed by atoms with Crippen LogP contribution in [0.4, 0.5) is 0 Å². The van der Waals surface area contributed by atoms with E-state index in [1.54, 1.807) is 42.1 Å².